The highest BCUT2D eigenvalue weighted by Gasteiger charge is 2.34. The van der Waals surface area contributed by atoms with Gasteiger partial charge in [0.1, 0.15) is 0 Å². The van der Waals surface area contributed by atoms with Crippen LogP contribution in [0.5, 0.6) is 0 Å². The molecule has 1 aromatic heterocycles. The van der Waals surface area contributed by atoms with Crippen molar-refractivity contribution >= 4 is 43.3 Å². The number of hydrogen-bond acceptors (Lipinski definition) is 4. The van der Waals surface area contributed by atoms with Crippen LogP contribution in [0.15, 0.2) is 47.2 Å². The van der Waals surface area contributed by atoms with E-state index in [0.29, 0.717) is 33.6 Å². The molecule has 1 aliphatic rings. The van der Waals surface area contributed by atoms with Gasteiger partial charge in [-0.1, -0.05) is 29.8 Å². The van der Waals surface area contributed by atoms with Crippen molar-refractivity contribution in [1.82, 2.24) is 9.88 Å². The molecule has 2 heterocycles. The summed E-state index contributed by atoms with van der Waals surface area (Å²) in [6.07, 6.45) is 3.40. The van der Waals surface area contributed by atoms with E-state index in [9.17, 15) is 13.2 Å². The van der Waals surface area contributed by atoms with Gasteiger partial charge in [0.05, 0.1) is 16.6 Å². The standard InChI is InChI=1S/C17H16BrClN2O3S/c18-13-9-12(10-20-11-13)17(22)21-6-5-16(25(23,24)8-7-21)14-3-1-2-4-15(14)19/h1-4,9-11,16H,5-8H2. The summed E-state index contributed by atoms with van der Waals surface area (Å²) in [6.45, 7) is 0.509. The number of amides is 1. The van der Waals surface area contributed by atoms with Gasteiger partial charge in [0.15, 0.2) is 9.84 Å². The van der Waals surface area contributed by atoms with Crippen LogP contribution in [-0.4, -0.2) is 43.1 Å². The molecule has 1 amide bonds. The van der Waals surface area contributed by atoms with Crippen molar-refractivity contribution in [2.75, 3.05) is 18.8 Å². The molecule has 8 heteroatoms. The number of pyridine rings is 1. The number of hydrogen-bond donors (Lipinski definition) is 0. The first-order chi connectivity index (χ1) is 11.9. The fourth-order valence-corrected chi connectivity index (χ4v) is 5.46. The Balaban J connectivity index is 1.85. The second-order valence-electron chi connectivity index (χ2n) is 5.85. The van der Waals surface area contributed by atoms with Gasteiger partial charge in [0, 0.05) is 35.0 Å². The number of nitrogens with zero attached hydrogens (tertiary/aromatic N) is 2. The van der Waals surface area contributed by atoms with E-state index in [-0.39, 0.29) is 18.2 Å². The van der Waals surface area contributed by atoms with Gasteiger partial charge in [0.2, 0.25) is 0 Å². The Morgan fingerprint density at radius 2 is 2.00 bits per heavy atom. The third kappa shape index (κ3) is 4.04. The van der Waals surface area contributed by atoms with Crippen LogP contribution in [-0.2, 0) is 9.84 Å². The molecular formula is C17H16BrClN2O3S. The van der Waals surface area contributed by atoms with Crippen molar-refractivity contribution in [2.24, 2.45) is 0 Å². The van der Waals surface area contributed by atoms with Crippen molar-refractivity contribution in [2.45, 2.75) is 11.7 Å². The molecule has 0 N–H and O–H groups in total. The minimum atomic E-state index is -3.40. The Hall–Kier alpha value is -1.44. The van der Waals surface area contributed by atoms with Crippen molar-refractivity contribution < 1.29 is 13.2 Å². The third-order valence-electron chi connectivity index (χ3n) is 4.23. The lowest BCUT2D eigenvalue weighted by Crippen LogP contribution is -2.33. The van der Waals surface area contributed by atoms with Gasteiger partial charge in [-0.15, -0.1) is 0 Å². The molecule has 3 rings (SSSR count). The molecule has 0 radical (unpaired) electrons. The summed E-state index contributed by atoms with van der Waals surface area (Å²) in [5, 5.41) is -0.258. The van der Waals surface area contributed by atoms with Crippen LogP contribution >= 0.6 is 27.5 Å². The summed E-state index contributed by atoms with van der Waals surface area (Å²) in [7, 11) is -3.40. The Kier molecular flexibility index (Phi) is 5.46. The summed E-state index contributed by atoms with van der Waals surface area (Å²) in [5.74, 6) is -0.306. The lowest BCUT2D eigenvalue weighted by molar-refractivity contribution is 0.0766. The van der Waals surface area contributed by atoms with E-state index in [0.717, 1.165) is 0 Å². The monoisotopic (exact) mass is 442 g/mol. The summed E-state index contributed by atoms with van der Waals surface area (Å²) in [6, 6.07) is 8.65. The lowest BCUT2D eigenvalue weighted by Gasteiger charge is -2.20. The molecule has 0 bridgehead atoms. The zero-order chi connectivity index (χ0) is 18.0. The van der Waals surface area contributed by atoms with Gasteiger partial charge in [-0.05, 0) is 40.0 Å². The number of halogens is 2. The quantitative estimate of drug-likeness (QED) is 0.712. The second-order valence-corrected chi connectivity index (χ2v) is 9.48. The lowest BCUT2D eigenvalue weighted by atomic mass is 10.1. The molecule has 1 atom stereocenters. The molecule has 1 aromatic carbocycles. The largest absolute Gasteiger partial charge is 0.338 e. The van der Waals surface area contributed by atoms with Gasteiger partial charge < -0.3 is 4.90 Å². The Morgan fingerprint density at radius 1 is 1.24 bits per heavy atom. The molecule has 0 saturated carbocycles. The molecule has 1 fully saturated rings. The second kappa shape index (κ2) is 7.43. The van der Waals surface area contributed by atoms with E-state index in [1.54, 1.807) is 41.4 Å². The van der Waals surface area contributed by atoms with E-state index >= 15 is 0 Å². The zero-order valence-electron chi connectivity index (χ0n) is 13.2. The topological polar surface area (TPSA) is 67.3 Å². The van der Waals surface area contributed by atoms with E-state index < -0.39 is 15.1 Å². The van der Waals surface area contributed by atoms with Crippen molar-refractivity contribution in [3.05, 3.63) is 63.3 Å². The highest BCUT2D eigenvalue weighted by atomic mass is 79.9. The Morgan fingerprint density at radius 3 is 2.72 bits per heavy atom. The van der Waals surface area contributed by atoms with Crippen LogP contribution < -0.4 is 0 Å². The summed E-state index contributed by atoms with van der Waals surface area (Å²) in [4.78, 5) is 18.2. The van der Waals surface area contributed by atoms with Crippen molar-refractivity contribution in [1.29, 1.82) is 0 Å². The molecule has 25 heavy (non-hydrogen) atoms. The molecular weight excluding hydrogens is 428 g/mol. The van der Waals surface area contributed by atoms with Crippen LogP contribution in [0.2, 0.25) is 5.02 Å². The SMILES string of the molecule is O=C(c1cncc(Br)c1)N1CCC(c2ccccc2Cl)S(=O)(=O)CC1. The summed E-state index contributed by atoms with van der Waals surface area (Å²) < 4.78 is 26.1. The fraction of sp³-hybridized carbons (Fsp3) is 0.294. The predicted octanol–water partition coefficient (Wildman–Crippen LogP) is 3.50. The molecule has 1 aliphatic heterocycles. The molecule has 0 aliphatic carbocycles. The molecule has 5 nitrogen and oxygen atoms in total. The average molecular weight is 444 g/mol. The van der Waals surface area contributed by atoms with E-state index in [1.165, 1.54) is 6.20 Å². The van der Waals surface area contributed by atoms with Gasteiger partial charge in [-0.25, -0.2) is 8.42 Å². The molecule has 132 valence electrons. The number of sulfone groups is 1. The minimum Gasteiger partial charge on any atom is -0.338 e. The maximum Gasteiger partial charge on any atom is 0.255 e. The molecule has 0 spiro atoms. The van der Waals surface area contributed by atoms with Crippen LogP contribution in [0.4, 0.5) is 0 Å². The van der Waals surface area contributed by atoms with Gasteiger partial charge >= 0.3 is 0 Å². The van der Waals surface area contributed by atoms with Gasteiger partial charge in [-0.3, -0.25) is 9.78 Å². The number of aromatic nitrogens is 1. The number of rotatable bonds is 2. The Labute approximate surface area is 160 Å². The minimum absolute atomic E-state index is 0.0872. The smallest absolute Gasteiger partial charge is 0.255 e. The van der Waals surface area contributed by atoms with Crippen molar-refractivity contribution in [3.63, 3.8) is 0 Å². The molecule has 1 saturated heterocycles. The number of carbonyl (C=O) groups excluding carboxylic acids is 1. The number of benzene rings is 1. The van der Waals surface area contributed by atoms with Crippen LogP contribution in [0, 0.1) is 0 Å². The highest BCUT2D eigenvalue weighted by molar-refractivity contribution is 9.10. The third-order valence-corrected chi connectivity index (χ3v) is 7.12. The maximum atomic E-state index is 12.7. The molecule has 1 unspecified atom stereocenters. The summed E-state index contributed by atoms with van der Waals surface area (Å²) >= 11 is 9.48. The van der Waals surface area contributed by atoms with Gasteiger partial charge in [0.25, 0.3) is 5.91 Å². The normalized spacial score (nSPS) is 20.1. The van der Waals surface area contributed by atoms with Crippen LogP contribution in [0.1, 0.15) is 27.6 Å². The maximum absolute atomic E-state index is 12.7. The van der Waals surface area contributed by atoms with E-state index in [2.05, 4.69) is 20.9 Å². The zero-order valence-corrected chi connectivity index (χ0v) is 16.4. The first-order valence-electron chi connectivity index (χ1n) is 7.74. The highest BCUT2D eigenvalue weighted by Crippen LogP contribution is 2.34. The first kappa shape index (κ1) is 18.4. The van der Waals surface area contributed by atoms with Crippen LogP contribution in [0.25, 0.3) is 0 Å². The predicted molar refractivity (Wildman–Crippen MR) is 100 cm³/mol. The van der Waals surface area contributed by atoms with Crippen LogP contribution in [0.3, 0.4) is 0 Å². The van der Waals surface area contributed by atoms with E-state index in [4.69, 9.17) is 11.6 Å². The van der Waals surface area contributed by atoms with E-state index in [1.807, 2.05) is 0 Å². The fourth-order valence-electron chi connectivity index (χ4n) is 2.94. The average Bonchev–Trinajstić information content (AvgIpc) is 2.73. The molecule has 2 aromatic rings. The van der Waals surface area contributed by atoms with Gasteiger partial charge in [-0.2, -0.15) is 0 Å². The summed E-state index contributed by atoms with van der Waals surface area (Å²) in [5.41, 5.74) is 1.03. The van der Waals surface area contributed by atoms with Crippen molar-refractivity contribution in [3.8, 4) is 0 Å². The number of carbonyl (C=O) groups is 1. The Bertz CT molecular complexity index is 904. The first-order valence-corrected chi connectivity index (χ1v) is 10.6.